The van der Waals surface area contributed by atoms with Gasteiger partial charge in [-0.2, -0.15) is 18.3 Å². The number of rotatable bonds is 7. The molecule has 1 aromatic heterocycles. The monoisotopic (exact) mass is 490 g/mol. The van der Waals surface area contributed by atoms with Gasteiger partial charge in [-0.3, -0.25) is 9.59 Å². The topological polar surface area (TPSA) is 76.0 Å². The first kappa shape index (κ1) is 25.4. The van der Waals surface area contributed by atoms with Gasteiger partial charge in [0, 0.05) is 29.7 Å². The number of alkyl halides is 3. The van der Waals surface area contributed by atoms with Gasteiger partial charge in [0.1, 0.15) is 0 Å². The number of amides is 2. The molecule has 0 spiro atoms. The van der Waals surface area contributed by atoms with Crippen molar-refractivity contribution < 1.29 is 22.8 Å². The Bertz CT molecular complexity index is 1190. The molecule has 1 atom stereocenters. The van der Waals surface area contributed by atoms with Crippen LogP contribution in [0.15, 0.2) is 53.4 Å². The van der Waals surface area contributed by atoms with Crippen LogP contribution in [0.4, 0.5) is 18.9 Å². The second-order valence-corrected chi connectivity index (χ2v) is 9.28. The Kier molecular flexibility index (Phi) is 7.71. The lowest BCUT2D eigenvalue weighted by Crippen LogP contribution is -2.31. The van der Waals surface area contributed by atoms with Crippen LogP contribution in [0.2, 0.25) is 0 Å². The Hall–Kier alpha value is -3.27. The number of halogens is 3. The molecule has 0 aliphatic heterocycles. The third kappa shape index (κ3) is 6.40. The summed E-state index contributed by atoms with van der Waals surface area (Å²) in [5, 5.41) is 8.98. The SMILES string of the molecule is CC(=O)Nc1ccc(SC(C)C(=O)NCc2ccc(-n3nc(C)cc3C)cc2C(F)(F)F)cc1. The zero-order chi connectivity index (χ0) is 25.0. The van der Waals surface area contributed by atoms with Gasteiger partial charge in [0.15, 0.2) is 0 Å². The van der Waals surface area contributed by atoms with Crippen molar-refractivity contribution in [3.63, 3.8) is 0 Å². The number of nitrogens with one attached hydrogen (secondary N) is 2. The number of hydrogen-bond donors (Lipinski definition) is 2. The first-order chi connectivity index (χ1) is 15.9. The summed E-state index contributed by atoms with van der Waals surface area (Å²) in [7, 11) is 0. The van der Waals surface area contributed by atoms with Crippen LogP contribution >= 0.6 is 11.8 Å². The van der Waals surface area contributed by atoms with Crippen molar-refractivity contribution in [3.8, 4) is 5.69 Å². The van der Waals surface area contributed by atoms with E-state index in [4.69, 9.17) is 0 Å². The fraction of sp³-hybridized carbons (Fsp3) is 0.292. The van der Waals surface area contributed by atoms with Crippen molar-refractivity contribution in [1.29, 1.82) is 0 Å². The van der Waals surface area contributed by atoms with E-state index in [1.807, 2.05) is 0 Å². The third-order valence-corrected chi connectivity index (χ3v) is 6.07. The van der Waals surface area contributed by atoms with Crippen LogP contribution in [0.5, 0.6) is 0 Å². The van der Waals surface area contributed by atoms with E-state index in [0.717, 1.165) is 16.7 Å². The highest BCUT2D eigenvalue weighted by atomic mass is 32.2. The van der Waals surface area contributed by atoms with Crippen LogP contribution in [0.25, 0.3) is 5.69 Å². The fourth-order valence-electron chi connectivity index (χ4n) is 3.41. The summed E-state index contributed by atoms with van der Waals surface area (Å²) in [6.07, 6.45) is -4.58. The minimum atomic E-state index is -4.58. The van der Waals surface area contributed by atoms with Crippen molar-refractivity contribution in [2.24, 2.45) is 0 Å². The normalized spacial score (nSPS) is 12.3. The second-order valence-electron chi connectivity index (χ2n) is 7.86. The molecule has 0 saturated heterocycles. The van der Waals surface area contributed by atoms with Crippen LogP contribution in [-0.2, 0) is 22.3 Å². The fourth-order valence-corrected chi connectivity index (χ4v) is 4.30. The molecular weight excluding hydrogens is 465 g/mol. The van der Waals surface area contributed by atoms with Gasteiger partial charge in [0.05, 0.1) is 22.2 Å². The minimum Gasteiger partial charge on any atom is -0.351 e. The lowest BCUT2D eigenvalue weighted by molar-refractivity contribution is -0.138. The van der Waals surface area contributed by atoms with Crippen molar-refractivity contribution in [2.75, 3.05) is 5.32 Å². The van der Waals surface area contributed by atoms with Gasteiger partial charge in [-0.1, -0.05) is 6.07 Å². The molecule has 0 aliphatic rings. The third-order valence-electron chi connectivity index (χ3n) is 4.96. The molecule has 0 fully saturated rings. The lowest BCUT2D eigenvalue weighted by atomic mass is 10.1. The number of carbonyl (C=O) groups excluding carboxylic acids is 2. The van der Waals surface area contributed by atoms with Gasteiger partial charge in [0.25, 0.3) is 0 Å². The van der Waals surface area contributed by atoms with Gasteiger partial charge in [-0.15, -0.1) is 11.8 Å². The van der Waals surface area contributed by atoms with Crippen LogP contribution in [0.1, 0.15) is 36.4 Å². The Morgan fingerprint density at radius 2 is 1.76 bits per heavy atom. The van der Waals surface area contributed by atoms with E-state index in [0.29, 0.717) is 17.1 Å². The van der Waals surface area contributed by atoms with Crippen molar-refractivity contribution >= 4 is 29.3 Å². The molecule has 0 bridgehead atoms. The summed E-state index contributed by atoms with van der Waals surface area (Å²) >= 11 is 1.27. The van der Waals surface area contributed by atoms with E-state index in [2.05, 4.69) is 15.7 Å². The Morgan fingerprint density at radius 3 is 2.32 bits per heavy atom. The van der Waals surface area contributed by atoms with E-state index in [1.165, 1.54) is 29.4 Å². The number of nitrogens with zero attached hydrogens (tertiary/aromatic N) is 2. The highest BCUT2D eigenvalue weighted by Gasteiger charge is 2.34. The molecule has 2 N–H and O–H groups in total. The average molecular weight is 491 g/mol. The van der Waals surface area contributed by atoms with Gasteiger partial charge >= 0.3 is 6.18 Å². The quantitative estimate of drug-likeness (QED) is 0.443. The van der Waals surface area contributed by atoms with Gasteiger partial charge < -0.3 is 10.6 Å². The summed E-state index contributed by atoms with van der Waals surface area (Å²) < 4.78 is 42.7. The molecule has 1 heterocycles. The number of aromatic nitrogens is 2. The second kappa shape index (κ2) is 10.3. The molecule has 0 radical (unpaired) electrons. The number of aryl methyl sites for hydroxylation is 2. The van der Waals surface area contributed by atoms with E-state index >= 15 is 0 Å². The molecule has 3 aromatic rings. The van der Waals surface area contributed by atoms with E-state index < -0.39 is 17.0 Å². The summed E-state index contributed by atoms with van der Waals surface area (Å²) in [5.41, 5.74) is 1.54. The van der Waals surface area contributed by atoms with E-state index in [9.17, 15) is 22.8 Å². The molecule has 0 saturated carbocycles. The Labute approximate surface area is 199 Å². The highest BCUT2D eigenvalue weighted by Crippen LogP contribution is 2.34. The maximum atomic E-state index is 13.8. The van der Waals surface area contributed by atoms with Crippen molar-refractivity contribution in [3.05, 3.63) is 71.0 Å². The van der Waals surface area contributed by atoms with Crippen LogP contribution in [0, 0.1) is 13.8 Å². The maximum absolute atomic E-state index is 13.8. The Balaban J connectivity index is 1.69. The minimum absolute atomic E-state index is 0.0250. The molecule has 1 unspecified atom stereocenters. The Morgan fingerprint density at radius 1 is 1.09 bits per heavy atom. The van der Waals surface area contributed by atoms with Crippen molar-refractivity contribution in [2.45, 2.75) is 50.6 Å². The maximum Gasteiger partial charge on any atom is 0.416 e. The molecule has 2 amide bonds. The number of thioether (sulfide) groups is 1. The van der Waals surface area contributed by atoms with E-state index in [-0.39, 0.29) is 23.9 Å². The van der Waals surface area contributed by atoms with Crippen LogP contribution < -0.4 is 10.6 Å². The van der Waals surface area contributed by atoms with Crippen molar-refractivity contribution in [1.82, 2.24) is 15.1 Å². The molecule has 2 aromatic carbocycles. The summed E-state index contributed by atoms with van der Waals surface area (Å²) in [4.78, 5) is 24.4. The van der Waals surface area contributed by atoms with Crippen LogP contribution in [-0.4, -0.2) is 26.8 Å². The molecule has 3 rings (SSSR count). The predicted octanol–water partition coefficient (Wildman–Crippen LogP) is 5.26. The van der Waals surface area contributed by atoms with Gasteiger partial charge in [0.2, 0.25) is 11.8 Å². The highest BCUT2D eigenvalue weighted by molar-refractivity contribution is 8.00. The van der Waals surface area contributed by atoms with Gasteiger partial charge in [-0.05, 0) is 68.8 Å². The number of hydrogen-bond acceptors (Lipinski definition) is 4. The zero-order valence-corrected chi connectivity index (χ0v) is 20.0. The van der Waals surface area contributed by atoms with Crippen LogP contribution in [0.3, 0.4) is 0 Å². The summed E-state index contributed by atoms with van der Waals surface area (Å²) in [6.45, 7) is 6.38. The van der Waals surface area contributed by atoms with E-state index in [1.54, 1.807) is 57.2 Å². The number of benzene rings is 2. The molecule has 180 valence electrons. The molecule has 0 aliphatic carbocycles. The molecule has 10 heteroatoms. The molecule has 34 heavy (non-hydrogen) atoms. The summed E-state index contributed by atoms with van der Waals surface area (Å²) in [6, 6.07) is 12.7. The summed E-state index contributed by atoms with van der Waals surface area (Å²) in [5.74, 6) is -0.569. The number of anilines is 1. The first-order valence-electron chi connectivity index (χ1n) is 10.5. The molecular formula is C24H25F3N4O2S. The number of carbonyl (C=O) groups is 2. The first-order valence-corrected chi connectivity index (χ1v) is 11.4. The molecule has 6 nitrogen and oxygen atoms in total. The standard InChI is InChI=1S/C24H25F3N4O2S/c1-14-11-15(2)31(30-14)20-8-5-18(22(12-20)24(25,26)27)13-28-23(33)16(3)34-21-9-6-19(7-10-21)29-17(4)32/h5-12,16H,13H2,1-4H3,(H,28,33)(H,29,32). The average Bonchev–Trinajstić information content (AvgIpc) is 3.10. The largest absolute Gasteiger partial charge is 0.416 e. The lowest BCUT2D eigenvalue weighted by Gasteiger charge is -2.17. The van der Waals surface area contributed by atoms with Gasteiger partial charge in [-0.25, -0.2) is 4.68 Å². The smallest absolute Gasteiger partial charge is 0.351 e. The zero-order valence-electron chi connectivity index (χ0n) is 19.2. The predicted molar refractivity (Wildman–Crippen MR) is 126 cm³/mol.